The van der Waals surface area contributed by atoms with Crippen molar-refractivity contribution >= 4 is 43.2 Å². The Morgan fingerprint density at radius 2 is 2.17 bits per heavy atom. The van der Waals surface area contributed by atoms with E-state index in [1.54, 1.807) is 13.0 Å². The number of thiophene rings is 1. The fourth-order valence-corrected chi connectivity index (χ4v) is 3.66. The minimum absolute atomic E-state index is 0.0999. The Hall–Kier alpha value is -0.440. The summed E-state index contributed by atoms with van der Waals surface area (Å²) < 4.78 is 26.0. The maximum absolute atomic E-state index is 11.7. The molecule has 18 heavy (non-hydrogen) atoms. The standard InChI is InChI=1S/C10H15BrN2O3S2/c1-3-13-18(15,16)5-4-12-10(14)8-6-7(2)9(11)17-8/h6,13H,3-5H2,1-2H3,(H,12,14). The first-order chi connectivity index (χ1) is 8.35. The number of hydrogen-bond acceptors (Lipinski definition) is 4. The molecule has 0 fully saturated rings. The summed E-state index contributed by atoms with van der Waals surface area (Å²) >= 11 is 4.67. The van der Waals surface area contributed by atoms with Gasteiger partial charge in [0.25, 0.3) is 5.91 Å². The zero-order chi connectivity index (χ0) is 13.8. The monoisotopic (exact) mass is 354 g/mol. The number of carbonyl (C=O) groups is 1. The van der Waals surface area contributed by atoms with Gasteiger partial charge in [-0.1, -0.05) is 6.92 Å². The van der Waals surface area contributed by atoms with E-state index in [-0.39, 0.29) is 18.2 Å². The van der Waals surface area contributed by atoms with Gasteiger partial charge < -0.3 is 5.32 Å². The second kappa shape index (κ2) is 6.65. The summed E-state index contributed by atoms with van der Waals surface area (Å²) in [6.45, 7) is 4.06. The average molecular weight is 355 g/mol. The summed E-state index contributed by atoms with van der Waals surface area (Å²) in [6, 6.07) is 1.77. The van der Waals surface area contributed by atoms with E-state index in [1.807, 2.05) is 6.92 Å². The third kappa shape index (κ3) is 4.68. The molecule has 0 aliphatic heterocycles. The molecule has 1 heterocycles. The molecule has 0 unspecified atom stereocenters. The van der Waals surface area contributed by atoms with Crippen LogP contribution in [0.4, 0.5) is 0 Å². The molecule has 2 N–H and O–H groups in total. The van der Waals surface area contributed by atoms with E-state index >= 15 is 0 Å². The second-order valence-corrected chi connectivity index (χ2v) is 7.94. The Morgan fingerprint density at radius 1 is 1.50 bits per heavy atom. The van der Waals surface area contributed by atoms with Crippen LogP contribution in [0.2, 0.25) is 0 Å². The first-order valence-electron chi connectivity index (χ1n) is 5.37. The van der Waals surface area contributed by atoms with E-state index in [2.05, 4.69) is 26.0 Å². The maximum atomic E-state index is 11.7. The predicted molar refractivity (Wildman–Crippen MR) is 76.6 cm³/mol. The molecule has 0 aliphatic carbocycles. The second-order valence-electron chi connectivity index (χ2n) is 3.64. The number of amides is 1. The molecule has 0 aliphatic rings. The molecule has 0 radical (unpaired) electrons. The van der Waals surface area contributed by atoms with Crippen molar-refractivity contribution in [3.8, 4) is 0 Å². The summed E-state index contributed by atoms with van der Waals surface area (Å²) in [4.78, 5) is 12.3. The van der Waals surface area contributed by atoms with E-state index in [0.717, 1.165) is 9.35 Å². The number of sulfonamides is 1. The summed E-state index contributed by atoms with van der Waals surface area (Å²) in [5, 5.41) is 2.59. The number of hydrogen-bond donors (Lipinski definition) is 2. The summed E-state index contributed by atoms with van der Waals surface area (Å²) in [6.07, 6.45) is 0. The Kier molecular flexibility index (Phi) is 5.77. The van der Waals surface area contributed by atoms with Crippen molar-refractivity contribution in [2.24, 2.45) is 0 Å². The molecule has 102 valence electrons. The van der Waals surface area contributed by atoms with Gasteiger partial charge in [0.15, 0.2) is 0 Å². The lowest BCUT2D eigenvalue weighted by Gasteiger charge is -2.05. The molecule has 0 saturated carbocycles. The van der Waals surface area contributed by atoms with Crippen molar-refractivity contribution in [1.82, 2.24) is 10.0 Å². The smallest absolute Gasteiger partial charge is 0.261 e. The highest BCUT2D eigenvalue weighted by Crippen LogP contribution is 2.27. The van der Waals surface area contributed by atoms with Gasteiger partial charge in [-0.05, 0) is 34.5 Å². The molecule has 1 aromatic heterocycles. The van der Waals surface area contributed by atoms with Crippen LogP contribution in [0.1, 0.15) is 22.2 Å². The van der Waals surface area contributed by atoms with Crippen molar-refractivity contribution in [3.05, 3.63) is 20.3 Å². The predicted octanol–water partition coefficient (Wildman–Crippen LogP) is 1.49. The van der Waals surface area contributed by atoms with Crippen molar-refractivity contribution in [1.29, 1.82) is 0 Å². The van der Waals surface area contributed by atoms with E-state index < -0.39 is 10.0 Å². The molecular formula is C10H15BrN2O3S2. The number of carbonyl (C=O) groups excluding carboxylic acids is 1. The van der Waals surface area contributed by atoms with Crippen LogP contribution >= 0.6 is 27.3 Å². The van der Waals surface area contributed by atoms with Crippen LogP contribution in [0.5, 0.6) is 0 Å². The summed E-state index contributed by atoms with van der Waals surface area (Å²) in [5.74, 6) is -0.363. The summed E-state index contributed by atoms with van der Waals surface area (Å²) in [7, 11) is -3.28. The minimum Gasteiger partial charge on any atom is -0.350 e. The van der Waals surface area contributed by atoms with Crippen LogP contribution in [-0.2, 0) is 10.0 Å². The molecule has 0 spiro atoms. The van der Waals surface area contributed by atoms with Gasteiger partial charge in [0.05, 0.1) is 14.4 Å². The first kappa shape index (κ1) is 15.6. The number of rotatable bonds is 6. The van der Waals surface area contributed by atoms with Crippen molar-refractivity contribution in [2.45, 2.75) is 13.8 Å². The maximum Gasteiger partial charge on any atom is 0.261 e. The molecule has 1 amide bonds. The Labute approximate surface area is 119 Å². The zero-order valence-corrected chi connectivity index (χ0v) is 13.3. The lowest BCUT2D eigenvalue weighted by molar-refractivity contribution is 0.0960. The van der Waals surface area contributed by atoms with Crippen molar-refractivity contribution < 1.29 is 13.2 Å². The van der Waals surface area contributed by atoms with Gasteiger partial charge in [-0.2, -0.15) is 0 Å². The largest absolute Gasteiger partial charge is 0.350 e. The Balaban J connectivity index is 2.47. The Morgan fingerprint density at radius 3 is 2.67 bits per heavy atom. The number of nitrogens with one attached hydrogen (secondary N) is 2. The van der Waals surface area contributed by atoms with E-state index in [0.29, 0.717) is 11.4 Å². The highest BCUT2D eigenvalue weighted by molar-refractivity contribution is 9.11. The normalized spacial score (nSPS) is 11.5. The molecule has 0 aromatic carbocycles. The summed E-state index contributed by atoms with van der Waals surface area (Å²) in [5.41, 5.74) is 0.991. The van der Waals surface area contributed by atoms with Crippen LogP contribution in [0.3, 0.4) is 0 Å². The molecule has 0 saturated heterocycles. The van der Waals surface area contributed by atoms with Crippen LogP contribution in [-0.4, -0.2) is 33.2 Å². The van der Waals surface area contributed by atoms with Gasteiger partial charge in [0, 0.05) is 13.1 Å². The van der Waals surface area contributed by atoms with Gasteiger partial charge in [-0.25, -0.2) is 13.1 Å². The lowest BCUT2D eigenvalue weighted by atomic mass is 10.3. The molecule has 1 rings (SSSR count). The zero-order valence-electron chi connectivity index (χ0n) is 10.1. The lowest BCUT2D eigenvalue weighted by Crippen LogP contribution is -2.34. The van der Waals surface area contributed by atoms with Gasteiger partial charge >= 0.3 is 0 Å². The molecule has 8 heteroatoms. The highest BCUT2D eigenvalue weighted by Gasteiger charge is 2.13. The van der Waals surface area contributed by atoms with E-state index in [4.69, 9.17) is 0 Å². The first-order valence-corrected chi connectivity index (χ1v) is 8.63. The van der Waals surface area contributed by atoms with Crippen LogP contribution in [0.15, 0.2) is 9.85 Å². The van der Waals surface area contributed by atoms with Gasteiger partial charge in [-0.3, -0.25) is 4.79 Å². The van der Waals surface area contributed by atoms with Crippen molar-refractivity contribution in [2.75, 3.05) is 18.8 Å². The Bertz CT molecular complexity index is 506. The number of aryl methyl sites for hydroxylation is 1. The number of halogens is 1. The highest BCUT2D eigenvalue weighted by atomic mass is 79.9. The molecule has 1 aromatic rings. The topological polar surface area (TPSA) is 75.3 Å². The van der Waals surface area contributed by atoms with Crippen molar-refractivity contribution in [3.63, 3.8) is 0 Å². The van der Waals surface area contributed by atoms with Crippen LogP contribution < -0.4 is 10.0 Å². The van der Waals surface area contributed by atoms with Gasteiger partial charge in [0.2, 0.25) is 10.0 Å². The minimum atomic E-state index is -3.28. The molecule has 5 nitrogen and oxygen atoms in total. The SMILES string of the molecule is CCNS(=O)(=O)CCNC(=O)c1cc(C)c(Br)s1. The molecule has 0 bridgehead atoms. The van der Waals surface area contributed by atoms with Crippen LogP contribution in [0, 0.1) is 6.92 Å². The van der Waals surface area contributed by atoms with Crippen LogP contribution in [0.25, 0.3) is 0 Å². The third-order valence-electron chi connectivity index (χ3n) is 2.10. The van der Waals surface area contributed by atoms with Gasteiger partial charge in [0.1, 0.15) is 0 Å². The fourth-order valence-electron chi connectivity index (χ4n) is 1.25. The molecular weight excluding hydrogens is 340 g/mol. The molecule has 0 atom stereocenters. The quantitative estimate of drug-likeness (QED) is 0.812. The van der Waals surface area contributed by atoms with E-state index in [1.165, 1.54) is 11.3 Å². The average Bonchev–Trinajstić information content (AvgIpc) is 2.59. The van der Waals surface area contributed by atoms with Gasteiger partial charge in [-0.15, -0.1) is 11.3 Å². The third-order valence-corrected chi connectivity index (χ3v) is 5.71. The fraction of sp³-hybridized carbons (Fsp3) is 0.500. The van der Waals surface area contributed by atoms with E-state index in [9.17, 15) is 13.2 Å².